The van der Waals surface area contributed by atoms with Gasteiger partial charge in [-0.1, -0.05) is 19.3 Å². The molecule has 0 bridgehead atoms. The topological polar surface area (TPSA) is 72.2 Å². The van der Waals surface area contributed by atoms with Crippen LogP contribution in [0.2, 0.25) is 0 Å². The van der Waals surface area contributed by atoms with E-state index in [0.29, 0.717) is 11.4 Å². The Bertz CT molecular complexity index is 481. The van der Waals surface area contributed by atoms with Gasteiger partial charge in [0.25, 0.3) is 0 Å². The lowest BCUT2D eigenvalue weighted by molar-refractivity contribution is -0.115. The monoisotopic (exact) mass is 294 g/mol. The molecule has 1 aliphatic rings. The normalized spacial score (nSPS) is 19.2. The number of rotatable bonds is 4. The Balaban J connectivity index is 1.93. The molecule has 0 aromatic heterocycles. The van der Waals surface area contributed by atoms with Crippen LogP contribution < -0.4 is 11.1 Å². The van der Waals surface area contributed by atoms with Gasteiger partial charge in [-0.15, -0.1) is 0 Å². The summed E-state index contributed by atoms with van der Waals surface area (Å²) in [7, 11) is -1.10. The van der Waals surface area contributed by atoms with E-state index in [1.165, 1.54) is 6.42 Å². The largest absolute Gasteiger partial charge is 0.399 e. The molecule has 0 saturated heterocycles. The van der Waals surface area contributed by atoms with Crippen LogP contribution in [0.5, 0.6) is 0 Å². The summed E-state index contributed by atoms with van der Waals surface area (Å²) in [6.07, 6.45) is 5.43. The molecule has 4 nitrogen and oxygen atoms in total. The van der Waals surface area contributed by atoms with Crippen molar-refractivity contribution in [1.29, 1.82) is 0 Å². The van der Waals surface area contributed by atoms with Gasteiger partial charge < -0.3 is 11.1 Å². The molecule has 3 N–H and O–H groups in total. The van der Waals surface area contributed by atoms with Gasteiger partial charge in [0.2, 0.25) is 5.91 Å². The number of benzene rings is 1. The number of amides is 1. The number of nitrogen functional groups attached to an aromatic ring is 1. The molecule has 0 radical (unpaired) electrons. The van der Waals surface area contributed by atoms with Crippen LogP contribution in [0, 0.1) is 0 Å². The van der Waals surface area contributed by atoms with E-state index in [1.54, 1.807) is 31.2 Å². The Kier molecular flexibility index (Phi) is 5.17. The summed E-state index contributed by atoms with van der Waals surface area (Å²) in [6, 6.07) is 6.98. The molecule has 1 aliphatic carbocycles. The number of hydrogen-bond donors (Lipinski definition) is 2. The molecule has 20 heavy (non-hydrogen) atoms. The first-order chi connectivity index (χ1) is 9.58. The van der Waals surface area contributed by atoms with Gasteiger partial charge in [0.05, 0.1) is 0 Å². The Morgan fingerprint density at radius 1 is 1.25 bits per heavy atom. The predicted molar refractivity (Wildman–Crippen MR) is 84.0 cm³/mol. The summed E-state index contributed by atoms with van der Waals surface area (Å²) in [4.78, 5) is 12.1. The van der Waals surface area contributed by atoms with Crippen LogP contribution in [0.4, 0.5) is 11.4 Å². The zero-order valence-corrected chi connectivity index (χ0v) is 12.6. The van der Waals surface area contributed by atoms with Crippen molar-refractivity contribution >= 4 is 28.1 Å². The molecule has 1 saturated carbocycles. The first-order valence-corrected chi connectivity index (χ1v) is 8.41. The van der Waals surface area contributed by atoms with Crippen LogP contribution in [0.3, 0.4) is 0 Å². The number of nitrogens with two attached hydrogens (primary N) is 1. The Labute approximate surface area is 122 Å². The summed E-state index contributed by atoms with van der Waals surface area (Å²) in [5.74, 6) is -0.182. The van der Waals surface area contributed by atoms with E-state index in [9.17, 15) is 9.00 Å². The Morgan fingerprint density at radius 3 is 2.45 bits per heavy atom. The fourth-order valence-electron chi connectivity index (χ4n) is 2.50. The highest BCUT2D eigenvalue weighted by atomic mass is 32.2. The highest BCUT2D eigenvalue weighted by Crippen LogP contribution is 2.24. The summed E-state index contributed by atoms with van der Waals surface area (Å²) in [5, 5.41) is 2.50. The second-order valence-electron chi connectivity index (χ2n) is 5.34. The van der Waals surface area contributed by atoms with E-state index in [-0.39, 0.29) is 11.2 Å². The Hall–Kier alpha value is -1.36. The third-order valence-electron chi connectivity index (χ3n) is 3.78. The van der Waals surface area contributed by atoms with Crippen LogP contribution in [0.1, 0.15) is 39.0 Å². The van der Waals surface area contributed by atoms with Gasteiger partial charge in [-0.25, -0.2) is 0 Å². The third-order valence-corrected chi connectivity index (χ3v) is 5.82. The molecular weight excluding hydrogens is 272 g/mol. The predicted octanol–water partition coefficient (Wildman–Crippen LogP) is 2.68. The van der Waals surface area contributed by atoms with Crippen molar-refractivity contribution in [3.05, 3.63) is 24.3 Å². The molecule has 110 valence electrons. The van der Waals surface area contributed by atoms with E-state index < -0.39 is 16.0 Å². The van der Waals surface area contributed by atoms with Crippen molar-refractivity contribution in [2.45, 2.75) is 49.5 Å². The summed E-state index contributed by atoms with van der Waals surface area (Å²) >= 11 is 0. The number of nitrogens with one attached hydrogen (secondary N) is 1. The molecule has 1 fully saturated rings. The van der Waals surface area contributed by atoms with Gasteiger partial charge >= 0.3 is 0 Å². The fourth-order valence-corrected chi connectivity index (χ4v) is 4.15. The van der Waals surface area contributed by atoms with Crippen molar-refractivity contribution in [1.82, 2.24) is 0 Å². The average molecular weight is 294 g/mol. The maximum absolute atomic E-state index is 12.4. The number of hydrogen-bond acceptors (Lipinski definition) is 3. The molecule has 1 amide bonds. The van der Waals surface area contributed by atoms with Crippen molar-refractivity contribution in [2.75, 3.05) is 11.1 Å². The van der Waals surface area contributed by atoms with E-state index in [1.807, 2.05) is 0 Å². The molecule has 2 rings (SSSR count). The van der Waals surface area contributed by atoms with Crippen molar-refractivity contribution in [3.63, 3.8) is 0 Å². The average Bonchev–Trinajstić information content (AvgIpc) is 2.49. The van der Waals surface area contributed by atoms with Crippen LogP contribution >= 0.6 is 0 Å². The van der Waals surface area contributed by atoms with Crippen molar-refractivity contribution < 1.29 is 9.00 Å². The number of anilines is 2. The second kappa shape index (κ2) is 6.88. The van der Waals surface area contributed by atoms with Gasteiger partial charge in [-0.05, 0) is 44.0 Å². The Morgan fingerprint density at radius 2 is 1.85 bits per heavy atom. The quantitative estimate of drug-likeness (QED) is 0.839. The summed E-state index contributed by atoms with van der Waals surface area (Å²) in [6.45, 7) is 1.75. The molecule has 0 spiro atoms. The van der Waals surface area contributed by atoms with Crippen LogP contribution in [0.25, 0.3) is 0 Å². The van der Waals surface area contributed by atoms with E-state index in [2.05, 4.69) is 5.32 Å². The highest BCUT2D eigenvalue weighted by molar-refractivity contribution is 7.87. The molecule has 1 aromatic rings. The maximum Gasteiger partial charge on any atom is 0.239 e. The number of carbonyl (C=O) groups excluding carboxylic acids is 1. The lowest BCUT2D eigenvalue weighted by Crippen LogP contribution is -2.35. The van der Waals surface area contributed by atoms with Crippen LogP contribution in [0.15, 0.2) is 24.3 Å². The van der Waals surface area contributed by atoms with Gasteiger partial charge in [0.15, 0.2) is 0 Å². The molecule has 5 heteroatoms. The first-order valence-electron chi connectivity index (χ1n) is 7.13. The zero-order chi connectivity index (χ0) is 14.5. The molecule has 0 aliphatic heterocycles. The van der Waals surface area contributed by atoms with E-state index in [4.69, 9.17) is 5.73 Å². The molecular formula is C15H22N2O2S. The van der Waals surface area contributed by atoms with Crippen LogP contribution in [-0.2, 0) is 15.6 Å². The third kappa shape index (κ3) is 3.82. The molecule has 2 atom stereocenters. The minimum Gasteiger partial charge on any atom is -0.399 e. The fraction of sp³-hybridized carbons (Fsp3) is 0.533. The maximum atomic E-state index is 12.4. The van der Waals surface area contributed by atoms with Gasteiger partial charge in [-0.3, -0.25) is 9.00 Å². The second-order valence-corrected chi connectivity index (χ2v) is 7.37. The van der Waals surface area contributed by atoms with E-state index >= 15 is 0 Å². The first kappa shape index (κ1) is 15.0. The smallest absolute Gasteiger partial charge is 0.239 e. The summed E-state index contributed by atoms with van der Waals surface area (Å²) < 4.78 is 12.4. The lowest BCUT2D eigenvalue weighted by atomic mass is 10.0. The molecule has 2 unspecified atom stereocenters. The standard InChI is InChI=1S/C15H22N2O2S/c1-11(20(19)14-5-3-2-4-6-14)15(18)17-13-9-7-12(16)8-10-13/h7-11,14H,2-6,16H2,1H3,(H,17,18). The molecule has 1 aromatic carbocycles. The lowest BCUT2D eigenvalue weighted by Gasteiger charge is -2.23. The zero-order valence-electron chi connectivity index (χ0n) is 11.8. The van der Waals surface area contributed by atoms with E-state index in [0.717, 1.165) is 25.7 Å². The SMILES string of the molecule is CC(C(=O)Nc1ccc(N)cc1)S(=O)C1CCCCC1. The van der Waals surface area contributed by atoms with Crippen LogP contribution in [-0.4, -0.2) is 20.6 Å². The van der Waals surface area contributed by atoms with Gasteiger partial charge in [-0.2, -0.15) is 0 Å². The minimum absolute atomic E-state index is 0.177. The van der Waals surface area contributed by atoms with Gasteiger partial charge in [0.1, 0.15) is 5.25 Å². The van der Waals surface area contributed by atoms with Gasteiger partial charge in [0, 0.05) is 27.4 Å². The van der Waals surface area contributed by atoms with Crippen molar-refractivity contribution in [2.24, 2.45) is 0 Å². The molecule has 0 heterocycles. The summed E-state index contributed by atoms with van der Waals surface area (Å²) in [5.41, 5.74) is 6.95. The number of carbonyl (C=O) groups is 1. The minimum atomic E-state index is -1.10. The highest BCUT2D eigenvalue weighted by Gasteiger charge is 2.28. The van der Waals surface area contributed by atoms with Crippen molar-refractivity contribution in [3.8, 4) is 0 Å².